The number of hydrogen-bond donors (Lipinski definition) is 2. The number of anilines is 2. The summed E-state index contributed by atoms with van der Waals surface area (Å²) in [6.45, 7) is 3.74. The molecule has 1 heterocycles. The summed E-state index contributed by atoms with van der Waals surface area (Å²) in [7, 11) is 0. The molecule has 21 heavy (non-hydrogen) atoms. The van der Waals surface area contributed by atoms with Crippen LogP contribution < -0.4 is 10.6 Å². The van der Waals surface area contributed by atoms with Crippen molar-refractivity contribution < 1.29 is 9.18 Å². The predicted octanol–water partition coefficient (Wildman–Crippen LogP) is 3.15. The van der Waals surface area contributed by atoms with Gasteiger partial charge in [0.2, 0.25) is 5.95 Å². The van der Waals surface area contributed by atoms with Gasteiger partial charge in [0.05, 0.1) is 10.6 Å². The second-order valence-electron chi connectivity index (χ2n) is 4.68. The summed E-state index contributed by atoms with van der Waals surface area (Å²) in [6.07, 6.45) is 2.83. The predicted molar refractivity (Wildman–Crippen MR) is 79.3 cm³/mol. The highest BCUT2D eigenvalue weighted by atomic mass is 35.5. The molecule has 0 unspecified atom stereocenters. The number of nitrogens with zero attached hydrogens (tertiary/aromatic N) is 2. The van der Waals surface area contributed by atoms with Gasteiger partial charge in [0, 0.05) is 24.1 Å². The van der Waals surface area contributed by atoms with Crippen molar-refractivity contribution in [2.75, 3.05) is 5.32 Å². The van der Waals surface area contributed by atoms with E-state index in [0.29, 0.717) is 17.2 Å². The fourth-order valence-electron chi connectivity index (χ4n) is 1.56. The topological polar surface area (TPSA) is 66.9 Å². The summed E-state index contributed by atoms with van der Waals surface area (Å²) < 4.78 is 13.0. The van der Waals surface area contributed by atoms with E-state index in [2.05, 4.69) is 20.6 Å². The zero-order valence-corrected chi connectivity index (χ0v) is 12.3. The maximum absolute atomic E-state index is 13.0. The molecule has 0 aliphatic rings. The smallest absolute Gasteiger partial charge is 0.254 e. The standard InChI is InChI=1S/C14H14ClFN4O/c1-8(2)19-13(21)9-6-17-14(18-7-9)20-10-3-4-12(16)11(15)5-10/h3-8H,1-2H3,(H,19,21)(H,17,18,20). The van der Waals surface area contributed by atoms with Gasteiger partial charge in [-0.3, -0.25) is 4.79 Å². The molecule has 0 saturated carbocycles. The van der Waals surface area contributed by atoms with E-state index >= 15 is 0 Å². The molecule has 2 N–H and O–H groups in total. The number of carbonyl (C=O) groups is 1. The average molecular weight is 309 g/mol. The molecule has 5 nitrogen and oxygen atoms in total. The summed E-state index contributed by atoms with van der Waals surface area (Å²) in [5.41, 5.74) is 0.923. The Balaban J connectivity index is 2.08. The van der Waals surface area contributed by atoms with Crippen LogP contribution in [0.15, 0.2) is 30.6 Å². The Bertz CT molecular complexity index is 646. The number of nitrogens with one attached hydrogen (secondary N) is 2. The monoisotopic (exact) mass is 308 g/mol. The largest absolute Gasteiger partial charge is 0.350 e. The van der Waals surface area contributed by atoms with Crippen LogP contribution in [0.25, 0.3) is 0 Å². The Morgan fingerprint density at radius 3 is 2.52 bits per heavy atom. The van der Waals surface area contributed by atoms with Crippen molar-refractivity contribution in [3.05, 3.63) is 47.0 Å². The van der Waals surface area contributed by atoms with Gasteiger partial charge < -0.3 is 10.6 Å². The normalized spacial score (nSPS) is 10.5. The van der Waals surface area contributed by atoms with Crippen molar-refractivity contribution in [1.29, 1.82) is 0 Å². The molecule has 2 rings (SSSR count). The lowest BCUT2D eigenvalue weighted by Crippen LogP contribution is -2.30. The molecule has 1 aromatic heterocycles. The zero-order valence-electron chi connectivity index (χ0n) is 11.5. The van der Waals surface area contributed by atoms with Crippen molar-refractivity contribution in [3.63, 3.8) is 0 Å². The van der Waals surface area contributed by atoms with Gasteiger partial charge in [-0.15, -0.1) is 0 Å². The number of rotatable bonds is 4. The highest BCUT2D eigenvalue weighted by Crippen LogP contribution is 2.21. The van der Waals surface area contributed by atoms with E-state index in [9.17, 15) is 9.18 Å². The lowest BCUT2D eigenvalue weighted by molar-refractivity contribution is 0.0942. The zero-order chi connectivity index (χ0) is 15.4. The van der Waals surface area contributed by atoms with Crippen molar-refractivity contribution >= 4 is 29.1 Å². The first-order chi connectivity index (χ1) is 9.95. The molecule has 2 aromatic rings. The molecular formula is C14H14ClFN4O. The van der Waals surface area contributed by atoms with Crippen LogP contribution in [-0.4, -0.2) is 21.9 Å². The third kappa shape index (κ3) is 4.13. The van der Waals surface area contributed by atoms with Crippen molar-refractivity contribution in [2.24, 2.45) is 0 Å². The molecule has 0 fully saturated rings. The van der Waals surface area contributed by atoms with E-state index in [-0.39, 0.29) is 17.0 Å². The summed E-state index contributed by atoms with van der Waals surface area (Å²) in [6, 6.07) is 4.23. The van der Waals surface area contributed by atoms with E-state index in [1.807, 2.05) is 13.8 Å². The lowest BCUT2D eigenvalue weighted by atomic mass is 10.3. The minimum absolute atomic E-state index is 0.00734. The average Bonchev–Trinajstić information content (AvgIpc) is 2.43. The molecule has 0 spiro atoms. The third-order valence-corrected chi connectivity index (χ3v) is 2.80. The summed E-state index contributed by atoms with van der Waals surface area (Å²) >= 11 is 5.69. The minimum atomic E-state index is -0.496. The number of hydrogen-bond acceptors (Lipinski definition) is 4. The fraction of sp³-hybridized carbons (Fsp3) is 0.214. The number of carbonyl (C=O) groups excluding carboxylic acids is 1. The van der Waals surface area contributed by atoms with Gasteiger partial charge in [-0.05, 0) is 32.0 Å². The second kappa shape index (κ2) is 6.49. The Morgan fingerprint density at radius 1 is 1.29 bits per heavy atom. The van der Waals surface area contributed by atoms with E-state index in [0.717, 1.165) is 0 Å². The van der Waals surface area contributed by atoms with Gasteiger partial charge in [0.25, 0.3) is 5.91 Å². The Hall–Kier alpha value is -2.21. The Morgan fingerprint density at radius 2 is 1.95 bits per heavy atom. The van der Waals surface area contributed by atoms with Crippen LogP contribution in [0.3, 0.4) is 0 Å². The van der Waals surface area contributed by atoms with Gasteiger partial charge in [-0.2, -0.15) is 0 Å². The molecule has 0 aliphatic carbocycles. The number of benzene rings is 1. The fourth-order valence-corrected chi connectivity index (χ4v) is 1.74. The highest BCUT2D eigenvalue weighted by molar-refractivity contribution is 6.31. The molecule has 0 atom stereocenters. The molecule has 7 heteroatoms. The van der Waals surface area contributed by atoms with E-state index < -0.39 is 5.82 Å². The van der Waals surface area contributed by atoms with Crippen LogP contribution in [0, 0.1) is 5.82 Å². The Kier molecular flexibility index (Phi) is 4.70. The molecule has 110 valence electrons. The molecule has 0 aliphatic heterocycles. The van der Waals surface area contributed by atoms with Crippen LogP contribution in [0.2, 0.25) is 5.02 Å². The first-order valence-electron chi connectivity index (χ1n) is 6.30. The lowest BCUT2D eigenvalue weighted by Gasteiger charge is -2.08. The van der Waals surface area contributed by atoms with Gasteiger partial charge >= 0.3 is 0 Å². The first kappa shape index (κ1) is 15.2. The highest BCUT2D eigenvalue weighted by Gasteiger charge is 2.08. The summed E-state index contributed by atoms with van der Waals surface area (Å²) in [4.78, 5) is 19.8. The quantitative estimate of drug-likeness (QED) is 0.910. The molecule has 1 amide bonds. The van der Waals surface area contributed by atoms with Crippen LogP contribution in [0.5, 0.6) is 0 Å². The van der Waals surface area contributed by atoms with Crippen molar-refractivity contribution in [1.82, 2.24) is 15.3 Å². The molecule has 0 saturated heterocycles. The van der Waals surface area contributed by atoms with Crippen molar-refractivity contribution in [3.8, 4) is 0 Å². The summed E-state index contributed by atoms with van der Waals surface area (Å²) in [5, 5.41) is 5.62. The van der Waals surface area contributed by atoms with Gasteiger partial charge in [-0.25, -0.2) is 14.4 Å². The SMILES string of the molecule is CC(C)NC(=O)c1cnc(Nc2ccc(F)c(Cl)c2)nc1. The van der Waals surface area contributed by atoms with Gasteiger partial charge in [0.1, 0.15) is 5.82 Å². The van der Waals surface area contributed by atoms with Crippen LogP contribution in [0.1, 0.15) is 24.2 Å². The Labute approximate surface area is 126 Å². The molecule has 0 bridgehead atoms. The minimum Gasteiger partial charge on any atom is -0.350 e. The van der Waals surface area contributed by atoms with Gasteiger partial charge in [-0.1, -0.05) is 11.6 Å². The van der Waals surface area contributed by atoms with E-state index in [4.69, 9.17) is 11.6 Å². The van der Waals surface area contributed by atoms with E-state index in [1.165, 1.54) is 30.6 Å². The number of halogens is 2. The van der Waals surface area contributed by atoms with Crippen LogP contribution >= 0.6 is 11.6 Å². The second-order valence-corrected chi connectivity index (χ2v) is 5.08. The molecule has 1 aromatic carbocycles. The first-order valence-corrected chi connectivity index (χ1v) is 6.68. The van der Waals surface area contributed by atoms with Gasteiger partial charge in [0.15, 0.2) is 0 Å². The number of amides is 1. The maximum Gasteiger partial charge on any atom is 0.254 e. The van der Waals surface area contributed by atoms with Crippen LogP contribution in [0.4, 0.5) is 16.0 Å². The third-order valence-electron chi connectivity index (χ3n) is 2.51. The van der Waals surface area contributed by atoms with Crippen molar-refractivity contribution in [2.45, 2.75) is 19.9 Å². The van der Waals surface area contributed by atoms with Crippen LogP contribution in [-0.2, 0) is 0 Å². The molecule has 0 radical (unpaired) electrons. The summed E-state index contributed by atoms with van der Waals surface area (Å²) in [5.74, 6) is -0.441. The number of aromatic nitrogens is 2. The maximum atomic E-state index is 13.0. The molecular weight excluding hydrogens is 295 g/mol. The van der Waals surface area contributed by atoms with E-state index in [1.54, 1.807) is 0 Å².